The molecule has 1 aliphatic carbocycles. The molecule has 4 aromatic rings. The van der Waals surface area contributed by atoms with Crippen LogP contribution in [0.3, 0.4) is 0 Å². The van der Waals surface area contributed by atoms with Crippen molar-refractivity contribution in [1.82, 2.24) is 14.9 Å². The number of nitrogens with one attached hydrogen (secondary N) is 1. The first-order valence-corrected chi connectivity index (χ1v) is 11.7. The molecule has 8 heteroatoms. The molecule has 170 valence electrons. The number of benzene rings is 1. The molecule has 5 rings (SSSR count). The highest BCUT2D eigenvalue weighted by Crippen LogP contribution is 2.38. The smallest absolute Gasteiger partial charge is 0.339 e. The SMILES string of the molecule is Cn1cccc1C(=O)NC(=O)COC(=O)c1c2c(nc3ccccc13)/C(=C/c1cccs1)CC2. The predicted octanol–water partition coefficient (Wildman–Crippen LogP) is 4.24. The third-order valence-electron chi connectivity index (χ3n) is 5.77. The third kappa shape index (κ3) is 4.15. The van der Waals surface area contributed by atoms with Crippen LogP contribution in [-0.2, 0) is 23.0 Å². The average Bonchev–Trinajstić information content (AvgIpc) is 3.58. The maximum absolute atomic E-state index is 13.2. The van der Waals surface area contributed by atoms with Crippen molar-refractivity contribution in [3.8, 4) is 0 Å². The number of carbonyl (C=O) groups excluding carboxylic acids is 3. The molecule has 34 heavy (non-hydrogen) atoms. The van der Waals surface area contributed by atoms with Gasteiger partial charge in [0.1, 0.15) is 5.69 Å². The Kier molecular flexibility index (Phi) is 5.81. The highest BCUT2D eigenvalue weighted by Gasteiger charge is 2.28. The lowest BCUT2D eigenvalue weighted by Crippen LogP contribution is -2.35. The van der Waals surface area contributed by atoms with E-state index in [9.17, 15) is 14.4 Å². The second-order valence-electron chi connectivity index (χ2n) is 7.97. The number of imide groups is 1. The molecule has 0 saturated carbocycles. The molecule has 1 N–H and O–H groups in total. The van der Waals surface area contributed by atoms with Crippen molar-refractivity contribution >= 4 is 51.7 Å². The van der Waals surface area contributed by atoms with Crippen LogP contribution in [-0.4, -0.2) is 33.9 Å². The van der Waals surface area contributed by atoms with Gasteiger partial charge in [-0.2, -0.15) is 0 Å². The summed E-state index contributed by atoms with van der Waals surface area (Å²) in [7, 11) is 1.70. The van der Waals surface area contributed by atoms with Crippen molar-refractivity contribution in [3.63, 3.8) is 0 Å². The van der Waals surface area contributed by atoms with Crippen LogP contribution in [0.5, 0.6) is 0 Å². The van der Waals surface area contributed by atoms with E-state index in [2.05, 4.69) is 11.4 Å². The van der Waals surface area contributed by atoms with Gasteiger partial charge in [-0.3, -0.25) is 14.9 Å². The van der Waals surface area contributed by atoms with E-state index in [-0.39, 0.29) is 0 Å². The van der Waals surface area contributed by atoms with Crippen molar-refractivity contribution in [3.05, 3.63) is 87.5 Å². The number of rotatable bonds is 5. The summed E-state index contributed by atoms with van der Waals surface area (Å²) >= 11 is 1.65. The predicted molar refractivity (Wildman–Crippen MR) is 130 cm³/mol. The van der Waals surface area contributed by atoms with Crippen molar-refractivity contribution < 1.29 is 19.1 Å². The number of aryl methyl sites for hydroxylation is 1. The van der Waals surface area contributed by atoms with Gasteiger partial charge in [-0.1, -0.05) is 24.3 Å². The number of aromatic nitrogens is 2. The topological polar surface area (TPSA) is 90.3 Å². The minimum atomic E-state index is -0.687. The summed E-state index contributed by atoms with van der Waals surface area (Å²) in [5.74, 6) is -1.84. The molecule has 0 aliphatic heterocycles. The normalized spacial score (nSPS) is 13.7. The molecular formula is C26H21N3O4S. The van der Waals surface area contributed by atoms with Crippen LogP contribution in [0.15, 0.2) is 60.1 Å². The summed E-state index contributed by atoms with van der Waals surface area (Å²) in [6.45, 7) is -0.557. The quantitative estimate of drug-likeness (QED) is 0.440. The summed E-state index contributed by atoms with van der Waals surface area (Å²) < 4.78 is 6.96. The fourth-order valence-corrected chi connectivity index (χ4v) is 4.87. The molecule has 0 unspecified atom stereocenters. The second-order valence-corrected chi connectivity index (χ2v) is 8.95. The van der Waals surface area contributed by atoms with Crippen LogP contribution < -0.4 is 5.32 Å². The zero-order valence-corrected chi connectivity index (χ0v) is 19.2. The molecule has 0 spiro atoms. The summed E-state index contributed by atoms with van der Waals surface area (Å²) in [5, 5.41) is 4.96. The number of fused-ring (bicyclic) bond motifs is 2. The zero-order chi connectivity index (χ0) is 23.7. The van der Waals surface area contributed by atoms with Gasteiger partial charge < -0.3 is 9.30 Å². The van der Waals surface area contributed by atoms with E-state index in [1.165, 1.54) is 0 Å². The molecular weight excluding hydrogens is 450 g/mol. The van der Waals surface area contributed by atoms with E-state index in [1.807, 2.05) is 41.8 Å². The number of hydrogen-bond donors (Lipinski definition) is 1. The van der Waals surface area contributed by atoms with E-state index in [1.54, 1.807) is 41.3 Å². The Bertz CT molecular complexity index is 1450. The number of carbonyl (C=O) groups is 3. The fourth-order valence-electron chi connectivity index (χ4n) is 4.18. The van der Waals surface area contributed by atoms with Gasteiger partial charge in [0.15, 0.2) is 6.61 Å². The first-order chi connectivity index (χ1) is 16.5. The van der Waals surface area contributed by atoms with Crippen LogP contribution in [0.4, 0.5) is 0 Å². The van der Waals surface area contributed by atoms with Crippen molar-refractivity contribution in [2.75, 3.05) is 6.61 Å². The highest BCUT2D eigenvalue weighted by atomic mass is 32.1. The van der Waals surface area contributed by atoms with E-state index in [0.717, 1.165) is 28.1 Å². The van der Waals surface area contributed by atoms with E-state index in [0.29, 0.717) is 28.6 Å². The number of esters is 1. The Morgan fingerprint density at radius 2 is 1.97 bits per heavy atom. The van der Waals surface area contributed by atoms with Crippen molar-refractivity contribution in [1.29, 1.82) is 0 Å². The standard InChI is InChI=1S/C26H21N3O4S/c1-29-12-4-9-21(29)25(31)28-22(30)15-33-26(32)23-18-7-2-3-8-20(18)27-24-16(10-11-19(23)24)14-17-6-5-13-34-17/h2-9,12-14H,10-11,15H2,1H3,(H,28,30,31)/b16-14+. The largest absolute Gasteiger partial charge is 0.452 e. The van der Waals surface area contributed by atoms with Crippen LogP contribution >= 0.6 is 11.3 Å². The molecule has 0 radical (unpaired) electrons. The third-order valence-corrected chi connectivity index (χ3v) is 6.59. The zero-order valence-electron chi connectivity index (χ0n) is 18.4. The lowest BCUT2D eigenvalue weighted by molar-refractivity contribution is -0.123. The Hall–Kier alpha value is -4.04. The minimum Gasteiger partial charge on any atom is -0.452 e. The number of allylic oxidation sites excluding steroid dienone is 1. The van der Waals surface area contributed by atoms with E-state index in [4.69, 9.17) is 9.72 Å². The monoisotopic (exact) mass is 471 g/mol. The molecule has 1 aliphatic rings. The van der Waals surface area contributed by atoms with Crippen LogP contribution in [0.2, 0.25) is 0 Å². The van der Waals surface area contributed by atoms with Crippen LogP contribution in [0.1, 0.15) is 43.4 Å². The lowest BCUT2D eigenvalue weighted by Gasteiger charge is -2.12. The molecule has 2 amide bonds. The second kappa shape index (κ2) is 9.07. The van der Waals surface area contributed by atoms with Gasteiger partial charge in [-0.05, 0) is 59.7 Å². The molecule has 7 nitrogen and oxygen atoms in total. The lowest BCUT2D eigenvalue weighted by atomic mass is 10.0. The number of ether oxygens (including phenoxy) is 1. The Labute approximate surface area is 199 Å². The molecule has 1 aromatic carbocycles. The van der Waals surface area contributed by atoms with Crippen LogP contribution in [0.25, 0.3) is 22.6 Å². The fraction of sp³-hybridized carbons (Fsp3) is 0.154. The van der Waals surface area contributed by atoms with Gasteiger partial charge in [0, 0.05) is 23.5 Å². The van der Waals surface area contributed by atoms with Gasteiger partial charge in [-0.25, -0.2) is 9.78 Å². The number of amides is 2. The van der Waals surface area contributed by atoms with Gasteiger partial charge >= 0.3 is 5.97 Å². The number of hydrogen-bond acceptors (Lipinski definition) is 6. The highest BCUT2D eigenvalue weighted by molar-refractivity contribution is 7.10. The maximum Gasteiger partial charge on any atom is 0.339 e. The molecule has 0 fully saturated rings. The molecule has 0 saturated heterocycles. The Morgan fingerprint density at radius 1 is 1.12 bits per heavy atom. The Morgan fingerprint density at radius 3 is 2.74 bits per heavy atom. The summed E-state index contributed by atoms with van der Waals surface area (Å²) in [5.41, 5.74) is 4.15. The minimum absolute atomic E-state index is 0.336. The van der Waals surface area contributed by atoms with Gasteiger partial charge in [-0.15, -0.1) is 11.3 Å². The first-order valence-electron chi connectivity index (χ1n) is 10.8. The van der Waals surface area contributed by atoms with Gasteiger partial charge in [0.05, 0.1) is 16.8 Å². The van der Waals surface area contributed by atoms with Crippen molar-refractivity contribution in [2.24, 2.45) is 7.05 Å². The molecule has 0 bridgehead atoms. The summed E-state index contributed by atoms with van der Waals surface area (Å²) in [4.78, 5) is 43.7. The van der Waals surface area contributed by atoms with E-state index >= 15 is 0 Å². The van der Waals surface area contributed by atoms with Gasteiger partial charge in [0.25, 0.3) is 11.8 Å². The number of nitrogens with zero attached hydrogens (tertiary/aromatic N) is 2. The molecule has 3 heterocycles. The summed E-state index contributed by atoms with van der Waals surface area (Å²) in [6.07, 6.45) is 5.24. The maximum atomic E-state index is 13.2. The Balaban J connectivity index is 1.40. The van der Waals surface area contributed by atoms with E-state index < -0.39 is 24.4 Å². The van der Waals surface area contributed by atoms with Gasteiger partial charge in [0.2, 0.25) is 0 Å². The van der Waals surface area contributed by atoms with Crippen LogP contribution in [0, 0.1) is 0 Å². The number of para-hydroxylation sites is 1. The molecule has 0 atom stereocenters. The number of pyridine rings is 1. The molecule has 3 aromatic heterocycles. The first kappa shape index (κ1) is 21.8. The average molecular weight is 472 g/mol. The summed E-state index contributed by atoms with van der Waals surface area (Å²) in [6, 6.07) is 14.8. The van der Waals surface area contributed by atoms with Crippen molar-refractivity contribution in [2.45, 2.75) is 12.8 Å². The number of thiophene rings is 1.